The monoisotopic (exact) mass is 705 g/mol. The molecule has 2 atom stereocenters. The molecular weight excluding hydrogens is 663 g/mol. The highest BCUT2D eigenvalue weighted by Gasteiger charge is 2.55. The van der Waals surface area contributed by atoms with Gasteiger partial charge in [-0.2, -0.15) is 0 Å². The fraction of sp³-hybridized carbons (Fsp3) is 0.148. The van der Waals surface area contributed by atoms with Gasteiger partial charge in [0.2, 0.25) is 0 Å². The number of nitrogens with zero attached hydrogens (tertiary/aromatic N) is 1. The quantitative estimate of drug-likeness (QED) is 0.176. The van der Waals surface area contributed by atoms with Gasteiger partial charge in [-0.25, -0.2) is 0 Å². The number of anilines is 3. The minimum atomic E-state index is -0.382. The smallest absolute Gasteiger partial charge is 0.0720 e. The van der Waals surface area contributed by atoms with Gasteiger partial charge in [0, 0.05) is 22.4 Å². The lowest BCUT2D eigenvalue weighted by atomic mass is 9.68. The van der Waals surface area contributed by atoms with Gasteiger partial charge < -0.3 is 4.90 Å². The van der Waals surface area contributed by atoms with Crippen molar-refractivity contribution in [2.45, 2.75) is 44.4 Å². The van der Waals surface area contributed by atoms with Gasteiger partial charge >= 0.3 is 0 Å². The molecule has 0 aromatic heterocycles. The van der Waals surface area contributed by atoms with Crippen LogP contribution in [0.25, 0.3) is 33.4 Å². The van der Waals surface area contributed by atoms with Crippen molar-refractivity contribution >= 4 is 28.2 Å². The first-order valence-corrected chi connectivity index (χ1v) is 19.9. The molecule has 6 aromatic carbocycles. The molecule has 0 radical (unpaired) electrons. The lowest BCUT2D eigenvalue weighted by molar-refractivity contribution is 0.660. The third-order valence-electron chi connectivity index (χ3n) is 13.1. The van der Waals surface area contributed by atoms with Crippen molar-refractivity contribution < 1.29 is 0 Å². The Hall–Kier alpha value is -6.18. The summed E-state index contributed by atoms with van der Waals surface area (Å²) in [5.41, 5.74) is 22.2. The van der Waals surface area contributed by atoms with Crippen LogP contribution in [-0.4, -0.2) is 0 Å². The van der Waals surface area contributed by atoms with Gasteiger partial charge in [0.25, 0.3) is 0 Å². The maximum absolute atomic E-state index is 2.55. The third kappa shape index (κ3) is 4.41. The van der Waals surface area contributed by atoms with Gasteiger partial charge in [0.1, 0.15) is 0 Å². The second-order valence-electron chi connectivity index (χ2n) is 16.4. The first-order chi connectivity index (χ1) is 27.0. The molecule has 0 heterocycles. The van der Waals surface area contributed by atoms with Crippen molar-refractivity contribution in [3.63, 3.8) is 0 Å². The summed E-state index contributed by atoms with van der Waals surface area (Å²) in [5.74, 6) is 0.456. The van der Waals surface area contributed by atoms with Gasteiger partial charge in [0.05, 0.1) is 11.1 Å². The Morgan fingerprint density at radius 3 is 2.05 bits per heavy atom. The molecule has 55 heavy (non-hydrogen) atoms. The van der Waals surface area contributed by atoms with Gasteiger partial charge in [0.15, 0.2) is 0 Å². The molecule has 0 N–H and O–H groups in total. The maximum atomic E-state index is 2.55. The highest BCUT2D eigenvalue weighted by Crippen LogP contribution is 2.66. The third-order valence-corrected chi connectivity index (χ3v) is 13.1. The molecule has 0 amide bonds. The summed E-state index contributed by atoms with van der Waals surface area (Å²) < 4.78 is 0. The second-order valence-corrected chi connectivity index (χ2v) is 16.4. The maximum Gasteiger partial charge on any atom is 0.0720 e. The minimum Gasteiger partial charge on any atom is -0.310 e. The van der Waals surface area contributed by atoms with Crippen LogP contribution in [0.5, 0.6) is 0 Å². The Balaban J connectivity index is 1.20. The number of hydrogen-bond donors (Lipinski definition) is 0. The molecule has 264 valence electrons. The Labute approximate surface area is 325 Å². The van der Waals surface area contributed by atoms with E-state index in [0.717, 1.165) is 12.8 Å². The normalized spacial score (nSPS) is 20.5. The zero-order valence-corrected chi connectivity index (χ0v) is 31.7. The van der Waals surface area contributed by atoms with Gasteiger partial charge in [-0.3, -0.25) is 0 Å². The zero-order chi connectivity index (χ0) is 36.9. The van der Waals surface area contributed by atoms with Crippen LogP contribution in [0.15, 0.2) is 187 Å². The number of hydrogen-bond acceptors (Lipinski definition) is 1. The summed E-state index contributed by atoms with van der Waals surface area (Å²) in [6.45, 7) is 7.17. The van der Waals surface area contributed by atoms with E-state index in [9.17, 15) is 0 Å². The molecule has 0 saturated carbocycles. The van der Waals surface area contributed by atoms with Crippen LogP contribution < -0.4 is 4.90 Å². The molecule has 0 aliphatic heterocycles. The molecule has 0 fully saturated rings. The van der Waals surface area contributed by atoms with Crippen molar-refractivity contribution in [2.75, 3.05) is 4.90 Å². The fourth-order valence-electron chi connectivity index (χ4n) is 10.7. The van der Waals surface area contributed by atoms with Gasteiger partial charge in [-0.15, -0.1) is 0 Å². The van der Waals surface area contributed by atoms with E-state index in [4.69, 9.17) is 0 Å². The van der Waals surface area contributed by atoms with Crippen molar-refractivity contribution in [3.05, 3.63) is 221 Å². The number of rotatable bonds is 4. The van der Waals surface area contributed by atoms with E-state index in [2.05, 4.69) is 202 Å². The minimum absolute atomic E-state index is 0.115. The Morgan fingerprint density at radius 1 is 0.582 bits per heavy atom. The van der Waals surface area contributed by atoms with Crippen molar-refractivity contribution in [1.29, 1.82) is 0 Å². The fourth-order valence-corrected chi connectivity index (χ4v) is 10.7. The molecule has 0 saturated heterocycles. The lowest BCUT2D eigenvalue weighted by Gasteiger charge is -2.34. The topological polar surface area (TPSA) is 3.24 Å². The SMILES string of the molecule is CC1CC=CC2=C1c1ccccc1C21C2=CCC=CC=C2c2ccc(N(c3ccc4c(c3)C(C)(C)c3ccccc3-4)c3ccccc3-c3ccccc3)cc21. The first kappa shape index (κ1) is 32.3. The van der Waals surface area contributed by atoms with Crippen LogP contribution in [-0.2, 0) is 10.8 Å². The highest BCUT2D eigenvalue weighted by atomic mass is 15.1. The number of para-hydroxylation sites is 1. The van der Waals surface area contributed by atoms with Crippen LogP contribution in [0.1, 0.15) is 67.0 Å². The van der Waals surface area contributed by atoms with E-state index >= 15 is 0 Å². The van der Waals surface area contributed by atoms with E-state index in [1.54, 1.807) is 0 Å². The van der Waals surface area contributed by atoms with Crippen LogP contribution in [0.3, 0.4) is 0 Å². The molecule has 5 aliphatic rings. The predicted molar refractivity (Wildman–Crippen MR) is 231 cm³/mol. The highest BCUT2D eigenvalue weighted by molar-refractivity contribution is 6.02. The average molecular weight is 706 g/mol. The molecule has 1 spiro atoms. The molecular formula is C54H43N. The number of allylic oxidation sites excluding steroid dienone is 10. The van der Waals surface area contributed by atoms with Crippen LogP contribution in [0.4, 0.5) is 17.1 Å². The Morgan fingerprint density at radius 2 is 1.24 bits per heavy atom. The molecule has 11 rings (SSSR count). The zero-order valence-electron chi connectivity index (χ0n) is 31.7. The summed E-state index contributed by atoms with van der Waals surface area (Å²) in [4.78, 5) is 2.53. The summed E-state index contributed by atoms with van der Waals surface area (Å²) in [6.07, 6.45) is 16.3. The summed E-state index contributed by atoms with van der Waals surface area (Å²) in [7, 11) is 0. The molecule has 1 heteroatoms. The van der Waals surface area contributed by atoms with Crippen molar-refractivity contribution in [2.24, 2.45) is 5.92 Å². The molecule has 1 nitrogen and oxygen atoms in total. The van der Waals surface area contributed by atoms with Crippen LogP contribution in [0.2, 0.25) is 0 Å². The van der Waals surface area contributed by atoms with E-state index in [1.165, 1.54) is 95.0 Å². The van der Waals surface area contributed by atoms with Crippen LogP contribution >= 0.6 is 0 Å². The summed E-state index contributed by atoms with van der Waals surface area (Å²) in [6, 6.07) is 52.5. The van der Waals surface area contributed by atoms with Gasteiger partial charge in [-0.1, -0.05) is 166 Å². The van der Waals surface area contributed by atoms with E-state index < -0.39 is 0 Å². The Bertz CT molecular complexity index is 2750. The van der Waals surface area contributed by atoms with E-state index in [0.29, 0.717) is 5.92 Å². The molecule has 2 unspecified atom stereocenters. The van der Waals surface area contributed by atoms with E-state index in [-0.39, 0.29) is 10.8 Å². The molecule has 5 aliphatic carbocycles. The number of fused-ring (bicyclic) bond motifs is 12. The standard InChI is InChI=1S/C54H43N/c1-35-17-16-27-48-52(35)44-23-11-14-26-47(44)54(48)46-25-9-5-8-21-41(46)43-32-30-38(34-50(43)54)55(51-28-15-12-20-39(51)36-18-6-4-7-19-36)37-29-31-42-40-22-10-13-24-45(40)53(2,3)49(42)33-37/h4-8,10-16,18-35H,9,17H2,1-3H3. The summed E-state index contributed by atoms with van der Waals surface area (Å²) in [5, 5.41) is 0. The average Bonchev–Trinajstić information content (AvgIpc) is 3.65. The predicted octanol–water partition coefficient (Wildman–Crippen LogP) is 14.1. The number of benzene rings is 6. The van der Waals surface area contributed by atoms with Crippen molar-refractivity contribution in [3.8, 4) is 22.3 Å². The van der Waals surface area contributed by atoms with E-state index in [1.807, 2.05) is 0 Å². The molecule has 6 aromatic rings. The van der Waals surface area contributed by atoms with Gasteiger partial charge in [-0.05, 0) is 121 Å². The first-order valence-electron chi connectivity index (χ1n) is 19.9. The molecule has 0 bridgehead atoms. The summed E-state index contributed by atoms with van der Waals surface area (Å²) >= 11 is 0. The Kier molecular flexibility index (Phi) is 6.99. The largest absolute Gasteiger partial charge is 0.310 e. The lowest BCUT2D eigenvalue weighted by Crippen LogP contribution is -2.28. The van der Waals surface area contributed by atoms with Crippen LogP contribution in [0, 0.1) is 5.92 Å². The second kappa shape index (κ2) is 11.9. The van der Waals surface area contributed by atoms with Crippen molar-refractivity contribution in [1.82, 2.24) is 0 Å².